The maximum Gasteiger partial charge on any atom is 0.237 e. The third kappa shape index (κ3) is 3.49. The fourth-order valence-corrected chi connectivity index (χ4v) is 5.32. The predicted octanol–water partition coefficient (Wildman–Crippen LogP) is 2.39. The normalized spacial score (nSPS) is 35.8. The van der Waals surface area contributed by atoms with Crippen molar-refractivity contribution in [2.75, 3.05) is 32.8 Å². The number of carbonyl (C=O) groups excluding carboxylic acids is 1. The lowest BCUT2D eigenvalue weighted by Crippen LogP contribution is -2.55. The molecule has 4 aliphatic rings. The van der Waals surface area contributed by atoms with Gasteiger partial charge in [-0.3, -0.25) is 9.69 Å². The smallest absolute Gasteiger partial charge is 0.237 e. The van der Waals surface area contributed by atoms with Crippen molar-refractivity contribution < 1.29 is 14.3 Å². The second kappa shape index (κ2) is 7.71. The molecule has 3 heterocycles. The Kier molecular flexibility index (Phi) is 5.40. The monoisotopic (exact) mass is 336 g/mol. The van der Waals surface area contributed by atoms with Gasteiger partial charge in [-0.2, -0.15) is 0 Å². The molecule has 24 heavy (non-hydrogen) atoms. The first-order chi connectivity index (χ1) is 11.8. The highest BCUT2D eigenvalue weighted by molar-refractivity contribution is 5.78. The Labute approximate surface area is 145 Å². The van der Waals surface area contributed by atoms with Crippen LogP contribution in [0.2, 0.25) is 0 Å². The van der Waals surface area contributed by atoms with Crippen LogP contribution in [0.15, 0.2) is 0 Å². The summed E-state index contributed by atoms with van der Waals surface area (Å²) in [5.41, 5.74) is 0. The van der Waals surface area contributed by atoms with Gasteiger partial charge in [-0.15, -0.1) is 0 Å². The second-order valence-electron chi connectivity index (χ2n) is 7.98. The SMILES string of the molecule is O=C(CN1CCCCC1C1OCCO1)N1CCCC2CCCCC21. The summed E-state index contributed by atoms with van der Waals surface area (Å²) in [7, 11) is 0. The summed E-state index contributed by atoms with van der Waals surface area (Å²) in [6, 6.07) is 0.777. The molecule has 1 saturated carbocycles. The summed E-state index contributed by atoms with van der Waals surface area (Å²) in [6.45, 7) is 3.91. The van der Waals surface area contributed by atoms with Crippen LogP contribution in [0.4, 0.5) is 0 Å². The molecule has 0 spiro atoms. The van der Waals surface area contributed by atoms with E-state index in [4.69, 9.17) is 9.47 Å². The largest absolute Gasteiger partial charge is 0.349 e. The average molecular weight is 336 g/mol. The Bertz CT molecular complexity index is 436. The van der Waals surface area contributed by atoms with Gasteiger partial charge in [0.25, 0.3) is 0 Å². The molecule has 0 N–H and O–H groups in total. The second-order valence-corrected chi connectivity index (χ2v) is 7.98. The summed E-state index contributed by atoms with van der Waals surface area (Å²) >= 11 is 0. The van der Waals surface area contributed by atoms with Gasteiger partial charge in [0.1, 0.15) is 0 Å². The van der Waals surface area contributed by atoms with E-state index < -0.39 is 0 Å². The standard InChI is InChI=1S/C19H32N2O3/c22-18(21-11-5-7-15-6-1-2-8-16(15)21)14-20-10-4-3-9-17(20)19-23-12-13-24-19/h15-17,19H,1-14H2. The first-order valence-electron chi connectivity index (χ1n) is 10.1. The third-order valence-corrected chi connectivity index (χ3v) is 6.53. The highest BCUT2D eigenvalue weighted by Crippen LogP contribution is 2.35. The van der Waals surface area contributed by atoms with Crippen LogP contribution in [-0.2, 0) is 14.3 Å². The van der Waals surface area contributed by atoms with Crippen LogP contribution < -0.4 is 0 Å². The van der Waals surface area contributed by atoms with E-state index in [1.807, 2.05) is 0 Å². The van der Waals surface area contributed by atoms with E-state index in [1.54, 1.807) is 0 Å². The number of fused-ring (bicyclic) bond motifs is 1. The van der Waals surface area contributed by atoms with Crippen molar-refractivity contribution >= 4 is 5.91 Å². The molecule has 4 fully saturated rings. The number of piperidine rings is 2. The predicted molar refractivity (Wildman–Crippen MR) is 91.6 cm³/mol. The molecule has 136 valence electrons. The van der Waals surface area contributed by atoms with E-state index in [-0.39, 0.29) is 12.3 Å². The van der Waals surface area contributed by atoms with Gasteiger partial charge in [0, 0.05) is 12.6 Å². The van der Waals surface area contributed by atoms with Gasteiger partial charge in [-0.1, -0.05) is 19.3 Å². The highest BCUT2D eigenvalue weighted by Gasteiger charge is 2.39. The molecule has 3 atom stereocenters. The van der Waals surface area contributed by atoms with Crippen molar-refractivity contribution in [3.8, 4) is 0 Å². The van der Waals surface area contributed by atoms with Crippen molar-refractivity contribution in [1.82, 2.24) is 9.80 Å². The Morgan fingerprint density at radius 1 is 0.833 bits per heavy atom. The molecular formula is C19H32N2O3. The molecule has 0 aromatic rings. The molecule has 3 unspecified atom stereocenters. The maximum absolute atomic E-state index is 13.1. The molecule has 0 aromatic heterocycles. The summed E-state index contributed by atoms with van der Waals surface area (Å²) in [4.78, 5) is 17.7. The topological polar surface area (TPSA) is 42.0 Å². The minimum atomic E-state index is -0.123. The van der Waals surface area contributed by atoms with Crippen LogP contribution >= 0.6 is 0 Å². The Balaban J connectivity index is 1.40. The number of hydrogen-bond acceptors (Lipinski definition) is 4. The molecule has 1 amide bonds. The van der Waals surface area contributed by atoms with Crippen molar-refractivity contribution in [3.05, 3.63) is 0 Å². The molecule has 3 saturated heterocycles. The van der Waals surface area contributed by atoms with Gasteiger partial charge in [0.2, 0.25) is 5.91 Å². The van der Waals surface area contributed by atoms with Crippen LogP contribution in [-0.4, -0.2) is 66.9 Å². The number of carbonyl (C=O) groups is 1. The lowest BCUT2D eigenvalue weighted by Gasteiger charge is -2.45. The van der Waals surface area contributed by atoms with Crippen LogP contribution in [0.1, 0.15) is 57.8 Å². The van der Waals surface area contributed by atoms with Gasteiger partial charge in [-0.05, 0) is 51.0 Å². The van der Waals surface area contributed by atoms with Crippen molar-refractivity contribution in [3.63, 3.8) is 0 Å². The Hall–Kier alpha value is -0.650. The maximum atomic E-state index is 13.1. The molecule has 5 heteroatoms. The van der Waals surface area contributed by atoms with E-state index in [2.05, 4.69) is 9.80 Å². The van der Waals surface area contributed by atoms with E-state index in [1.165, 1.54) is 51.4 Å². The van der Waals surface area contributed by atoms with Gasteiger partial charge in [0.05, 0.1) is 25.8 Å². The molecule has 0 bridgehead atoms. The number of rotatable bonds is 3. The number of hydrogen-bond donors (Lipinski definition) is 0. The van der Waals surface area contributed by atoms with Crippen LogP contribution in [0, 0.1) is 5.92 Å². The molecule has 5 nitrogen and oxygen atoms in total. The number of nitrogens with zero attached hydrogens (tertiary/aromatic N) is 2. The first kappa shape index (κ1) is 16.8. The highest BCUT2D eigenvalue weighted by atomic mass is 16.7. The van der Waals surface area contributed by atoms with Gasteiger partial charge >= 0.3 is 0 Å². The van der Waals surface area contributed by atoms with E-state index in [9.17, 15) is 4.79 Å². The van der Waals surface area contributed by atoms with Crippen LogP contribution in [0.3, 0.4) is 0 Å². The van der Waals surface area contributed by atoms with Gasteiger partial charge < -0.3 is 14.4 Å². The van der Waals surface area contributed by atoms with Crippen molar-refractivity contribution in [2.24, 2.45) is 5.92 Å². The van der Waals surface area contributed by atoms with E-state index in [0.717, 1.165) is 25.4 Å². The number of ether oxygens (including phenoxy) is 2. The lowest BCUT2D eigenvalue weighted by molar-refractivity contribution is -0.145. The van der Waals surface area contributed by atoms with Gasteiger partial charge in [0.15, 0.2) is 6.29 Å². The zero-order valence-corrected chi connectivity index (χ0v) is 14.8. The molecular weight excluding hydrogens is 304 g/mol. The number of likely N-dealkylation sites (tertiary alicyclic amines) is 2. The summed E-state index contributed by atoms with van der Waals surface area (Å²) < 4.78 is 11.5. The zero-order chi connectivity index (χ0) is 16.4. The third-order valence-electron chi connectivity index (χ3n) is 6.53. The van der Waals surface area contributed by atoms with Gasteiger partial charge in [-0.25, -0.2) is 0 Å². The fraction of sp³-hybridized carbons (Fsp3) is 0.947. The molecule has 1 aliphatic carbocycles. The zero-order valence-electron chi connectivity index (χ0n) is 14.8. The van der Waals surface area contributed by atoms with E-state index >= 15 is 0 Å². The molecule has 0 aromatic carbocycles. The average Bonchev–Trinajstić information content (AvgIpc) is 3.16. The quantitative estimate of drug-likeness (QED) is 0.794. The van der Waals surface area contributed by atoms with Crippen LogP contribution in [0.25, 0.3) is 0 Å². The van der Waals surface area contributed by atoms with Crippen molar-refractivity contribution in [1.29, 1.82) is 0 Å². The lowest BCUT2D eigenvalue weighted by atomic mass is 9.78. The summed E-state index contributed by atoms with van der Waals surface area (Å²) in [5.74, 6) is 1.10. The first-order valence-corrected chi connectivity index (χ1v) is 10.1. The minimum absolute atomic E-state index is 0.123. The molecule has 0 radical (unpaired) electrons. The Morgan fingerprint density at radius 3 is 2.42 bits per heavy atom. The summed E-state index contributed by atoms with van der Waals surface area (Å²) in [5, 5.41) is 0. The molecule has 4 rings (SSSR count). The Morgan fingerprint density at radius 2 is 1.54 bits per heavy atom. The van der Waals surface area contributed by atoms with E-state index in [0.29, 0.717) is 31.7 Å². The van der Waals surface area contributed by atoms with Crippen molar-refractivity contribution in [2.45, 2.75) is 76.2 Å². The summed E-state index contributed by atoms with van der Waals surface area (Å²) in [6.07, 6.45) is 11.1. The number of amides is 1. The van der Waals surface area contributed by atoms with Crippen LogP contribution in [0.5, 0.6) is 0 Å². The minimum Gasteiger partial charge on any atom is -0.349 e. The fourth-order valence-electron chi connectivity index (χ4n) is 5.32. The molecule has 3 aliphatic heterocycles.